The summed E-state index contributed by atoms with van der Waals surface area (Å²) in [6, 6.07) is 10.2. The number of imide groups is 1. The van der Waals surface area contributed by atoms with Crippen LogP contribution in [0.1, 0.15) is 30.1 Å². The molecule has 156 valence electrons. The molecule has 0 atom stereocenters. The number of fused-ring (bicyclic) bond motifs is 2. The largest absolute Gasteiger partial charge is 0.352 e. The highest BCUT2D eigenvalue weighted by Crippen LogP contribution is 2.39. The van der Waals surface area contributed by atoms with E-state index in [0.29, 0.717) is 16.8 Å². The number of likely N-dealkylation sites (tertiary alicyclic amines) is 1. The van der Waals surface area contributed by atoms with Crippen molar-refractivity contribution in [2.45, 2.75) is 18.9 Å². The Hall–Kier alpha value is -3.23. The number of hydrogen-bond donors (Lipinski definition) is 2. The van der Waals surface area contributed by atoms with E-state index in [9.17, 15) is 9.59 Å². The summed E-state index contributed by atoms with van der Waals surface area (Å²) in [4.78, 5) is 32.4. The number of carbonyl (C=O) groups excluding carboxylic acids is 2. The Morgan fingerprint density at radius 1 is 1.03 bits per heavy atom. The third kappa shape index (κ3) is 2.79. The first-order valence-corrected chi connectivity index (χ1v) is 11.3. The van der Waals surface area contributed by atoms with Crippen molar-refractivity contribution in [1.29, 1.82) is 0 Å². The number of benzene rings is 1. The molecule has 31 heavy (non-hydrogen) atoms. The lowest BCUT2D eigenvalue weighted by atomic mass is 9.98. The molecule has 0 saturated carbocycles. The second-order valence-corrected chi connectivity index (χ2v) is 9.16. The van der Waals surface area contributed by atoms with Crippen LogP contribution in [0.4, 0.5) is 0 Å². The van der Waals surface area contributed by atoms with Crippen LogP contribution >= 0.6 is 11.3 Å². The minimum Gasteiger partial charge on any atom is -0.352 e. The molecular formula is C23H21N5O2S. The van der Waals surface area contributed by atoms with Crippen molar-refractivity contribution >= 4 is 55.4 Å². The average molecular weight is 432 g/mol. The Kier molecular flexibility index (Phi) is 4.12. The van der Waals surface area contributed by atoms with Gasteiger partial charge in [-0.05, 0) is 50.5 Å². The molecule has 8 heteroatoms. The zero-order chi connectivity index (χ0) is 21.1. The van der Waals surface area contributed by atoms with Crippen LogP contribution in [0.3, 0.4) is 0 Å². The van der Waals surface area contributed by atoms with Gasteiger partial charge in [-0.2, -0.15) is 5.10 Å². The number of H-pyrrole nitrogens is 1. The number of nitrogens with one attached hydrogen (secondary N) is 2. The average Bonchev–Trinajstić information content (AvgIpc) is 3.51. The molecule has 1 saturated heterocycles. The van der Waals surface area contributed by atoms with Gasteiger partial charge in [-0.25, -0.2) is 0 Å². The molecule has 3 aromatic heterocycles. The lowest BCUT2D eigenvalue weighted by Crippen LogP contribution is -2.31. The SMILES string of the molecule is CN1CCC(n2nc(C3=C(c4c[nH]c5sccc45)C(=O)NC3=O)c3ccccc32)CC1. The summed E-state index contributed by atoms with van der Waals surface area (Å²) in [6.45, 7) is 2.03. The molecule has 2 aliphatic heterocycles. The Bertz CT molecular complexity index is 1380. The maximum absolute atomic E-state index is 13.0. The van der Waals surface area contributed by atoms with Gasteiger partial charge in [0.05, 0.1) is 22.7 Å². The molecule has 7 nitrogen and oxygen atoms in total. The van der Waals surface area contributed by atoms with Crippen LogP contribution in [0.2, 0.25) is 0 Å². The zero-order valence-corrected chi connectivity index (χ0v) is 17.8. The maximum atomic E-state index is 13.0. The lowest BCUT2D eigenvalue weighted by molar-refractivity contribution is -0.122. The minimum absolute atomic E-state index is 0.273. The van der Waals surface area contributed by atoms with Crippen LogP contribution in [0.15, 0.2) is 41.9 Å². The Balaban J connectivity index is 1.58. The number of carbonyl (C=O) groups is 2. The highest BCUT2D eigenvalue weighted by molar-refractivity contribution is 7.16. The van der Waals surface area contributed by atoms with Crippen molar-refractivity contribution in [3.05, 3.63) is 53.2 Å². The summed E-state index contributed by atoms with van der Waals surface area (Å²) >= 11 is 1.57. The van der Waals surface area contributed by atoms with E-state index in [1.165, 1.54) is 0 Å². The van der Waals surface area contributed by atoms with Gasteiger partial charge < -0.3 is 9.88 Å². The number of rotatable bonds is 3. The predicted octanol–water partition coefficient (Wildman–Crippen LogP) is 3.41. The quantitative estimate of drug-likeness (QED) is 0.487. The van der Waals surface area contributed by atoms with Gasteiger partial charge in [0.15, 0.2) is 0 Å². The molecular weight excluding hydrogens is 410 g/mol. The number of hydrogen-bond acceptors (Lipinski definition) is 5. The standard InChI is InChI=1S/C23H21N5O2S/c1-27-9-6-13(7-10-27)28-17-5-3-2-4-15(17)20(26-28)19-18(21(29)25-22(19)30)16-12-24-23-14(16)8-11-31-23/h2-5,8,11-13,24H,6-7,9-10H2,1H3,(H,25,29,30). The van der Waals surface area contributed by atoms with Gasteiger partial charge in [-0.1, -0.05) is 18.2 Å². The molecule has 2 amide bonds. The fourth-order valence-corrected chi connectivity index (χ4v) is 5.56. The van der Waals surface area contributed by atoms with Crippen LogP contribution in [-0.2, 0) is 9.59 Å². The van der Waals surface area contributed by atoms with Gasteiger partial charge in [-0.3, -0.25) is 19.6 Å². The van der Waals surface area contributed by atoms with Gasteiger partial charge in [-0.15, -0.1) is 11.3 Å². The molecule has 2 aliphatic rings. The van der Waals surface area contributed by atoms with Gasteiger partial charge >= 0.3 is 0 Å². The Morgan fingerprint density at radius 2 is 1.81 bits per heavy atom. The molecule has 0 aliphatic carbocycles. The number of nitrogens with zero attached hydrogens (tertiary/aromatic N) is 3. The first-order chi connectivity index (χ1) is 15.1. The summed E-state index contributed by atoms with van der Waals surface area (Å²) in [5.74, 6) is -0.756. The fraction of sp³-hybridized carbons (Fsp3) is 0.261. The molecule has 0 bridgehead atoms. The van der Waals surface area contributed by atoms with Gasteiger partial charge in [0.2, 0.25) is 0 Å². The van der Waals surface area contributed by atoms with E-state index >= 15 is 0 Å². The van der Waals surface area contributed by atoms with Crippen molar-refractivity contribution in [2.75, 3.05) is 20.1 Å². The van der Waals surface area contributed by atoms with E-state index in [2.05, 4.69) is 26.9 Å². The first-order valence-electron chi connectivity index (χ1n) is 10.4. The third-order valence-electron chi connectivity index (χ3n) is 6.39. The van der Waals surface area contributed by atoms with E-state index in [1.807, 2.05) is 41.9 Å². The Labute approximate surface area is 182 Å². The van der Waals surface area contributed by atoms with Crippen LogP contribution in [0.5, 0.6) is 0 Å². The van der Waals surface area contributed by atoms with E-state index in [0.717, 1.165) is 52.6 Å². The van der Waals surface area contributed by atoms with Gasteiger partial charge in [0.25, 0.3) is 11.8 Å². The van der Waals surface area contributed by atoms with Crippen LogP contribution in [0.25, 0.3) is 32.3 Å². The number of aromatic amines is 1. The van der Waals surface area contributed by atoms with Crippen LogP contribution < -0.4 is 5.32 Å². The number of amides is 2. The van der Waals surface area contributed by atoms with Crippen molar-refractivity contribution < 1.29 is 9.59 Å². The molecule has 0 radical (unpaired) electrons. The number of para-hydroxylation sites is 1. The Morgan fingerprint density at radius 3 is 2.65 bits per heavy atom. The summed E-state index contributed by atoms with van der Waals surface area (Å²) in [6.07, 6.45) is 3.82. The molecule has 4 aromatic rings. The first kappa shape index (κ1) is 18.5. The van der Waals surface area contributed by atoms with E-state index in [4.69, 9.17) is 5.10 Å². The van der Waals surface area contributed by atoms with Crippen molar-refractivity contribution in [3.63, 3.8) is 0 Å². The molecule has 6 rings (SSSR count). The molecule has 1 fully saturated rings. The maximum Gasteiger partial charge on any atom is 0.261 e. The number of thiophene rings is 1. The normalized spacial score (nSPS) is 18.6. The highest BCUT2D eigenvalue weighted by Gasteiger charge is 2.36. The van der Waals surface area contributed by atoms with E-state index in [-0.39, 0.29) is 17.9 Å². The molecule has 1 aromatic carbocycles. The van der Waals surface area contributed by atoms with Crippen LogP contribution in [-0.4, -0.2) is 51.6 Å². The van der Waals surface area contributed by atoms with Crippen molar-refractivity contribution in [3.8, 4) is 0 Å². The monoisotopic (exact) mass is 431 g/mol. The molecule has 0 unspecified atom stereocenters. The predicted molar refractivity (Wildman–Crippen MR) is 122 cm³/mol. The van der Waals surface area contributed by atoms with Gasteiger partial charge in [0, 0.05) is 22.5 Å². The number of piperidine rings is 1. The smallest absolute Gasteiger partial charge is 0.261 e. The minimum atomic E-state index is -0.386. The van der Waals surface area contributed by atoms with Crippen molar-refractivity contribution in [2.24, 2.45) is 0 Å². The molecule has 0 spiro atoms. The molecule has 5 heterocycles. The fourth-order valence-electron chi connectivity index (χ4n) is 4.79. The topological polar surface area (TPSA) is 83.0 Å². The molecule has 2 N–H and O–H groups in total. The second kappa shape index (κ2) is 6.90. The second-order valence-electron chi connectivity index (χ2n) is 8.24. The summed E-state index contributed by atoms with van der Waals surface area (Å²) in [5.41, 5.74) is 3.08. The van der Waals surface area contributed by atoms with E-state index < -0.39 is 0 Å². The van der Waals surface area contributed by atoms with E-state index in [1.54, 1.807) is 11.3 Å². The highest BCUT2D eigenvalue weighted by atomic mass is 32.1. The van der Waals surface area contributed by atoms with Gasteiger partial charge in [0.1, 0.15) is 10.5 Å². The summed E-state index contributed by atoms with van der Waals surface area (Å²) in [5, 5.41) is 11.3. The van der Waals surface area contributed by atoms with Crippen LogP contribution in [0, 0.1) is 0 Å². The summed E-state index contributed by atoms with van der Waals surface area (Å²) in [7, 11) is 2.14. The summed E-state index contributed by atoms with van der Waals surface area (Å²) < 4.78 is 2.07. The zero-order valence-electron chi connectivity index (χ0n) is 17.0. The lowest BCUT2D eigenvalue weighted by Gasteiger charge is -2.29. The third-order valence-corrected chi connectivity index (χ3v) is 7.23. The van der Waals surface area contributed by atoms with Crippen molar-refractivity contribution in [1.82, 2.24) is 25.0 Å². The number of aromatic nitrogens is 3.